The van der Waals surface area contributed by atoms with E-state index in [2.05, 4.69) is 54.8 Å². The lowest BCUT2D eigenvalue weighted by molar-refractivity contribution is 0.260. The van der Waals surface area contributed by atoms with Gasteiger partial charge < -0.3 is 15.0 Å². The number of anilines is 1. The van der Waals surface area contributed by atoms with Crippen LogP contribution >= 0.6 is 0 Å². The average Bonchev–Trinajstić information content (AvgIpc) is 2.49. The van der Waals surface area contributed by atoms with Crippen LogP contribution in [0.4, 0.5) is 5.82 Å². The first-order valence-electron chi connectivity index (χ1n) is 8.05. The standard InChI is InChI=1S/C16H30N4O/c1-6-14-18-15(17-9-10-20(7-2)8-3)11-16(19-14)21-12-13(4)5/h11,13H,6-10,12H2,1-5H3,(H,17,18,19). The molecule has 0 fully saturated rings. The van der Waals surface area contributed by atoms with E-state index in [1.165, 1.54) is 0 Å². The van der Waals surface area contributed by atoms with Gasteiger partial charge in [0, 0.05) is 25.6 Å². The third-order valence-electron chi connectivity index (χ3n) is 3.26. The molecule has 0 saturated carbocycles. The van der Waals surface area contributed by atoms with E-state index in [9.17, 15) is 0 Å². The summed E-state index contributed by atoms with van der Waals surface area (Å²) in [5, 5.41) is 3.37. The van der Waals surface area contributed by atoms with Crippen molar-refractivity contribution in [3.63, 3.8) is 0 Å². The Hall–Kier alpha value is -1.36. The SMILES string of the molecule is CCc1nc(NCCN(CC)CC)cc(OCC(C)C)n1. The maximum absolute atomic E-state index is 5.72. The van der Waals surface area contributed by atoms with Gasteiger partial charge >= 0.3 is 0 Å². The summed E-state index contributed by atoms with van der Waals surface area (Å²) in [5.74, 6) is 2.83. The van der Waals surface area contributed by atoms with E-state index in [-0.39, 0.29) is 0 Å². The van der Waals surface area contributed by atoms with Gasteiger partial charge in [0.25, 0.3) is 0 Å². The van der Waals surface area contributed by atoms with Crippen molar-refractivity contribution in [2.45, 2.75) is 41.0 Å². The van der Waals surface area contributed by atoms with Gasteiger partial charge in [0.2, 0.25) is 5.88 Å². The number of hydrogen-bond acceptors (Lipinski definition) is 5. The third kappa shape index (κ3) is 6.76. The quantitative estimate of drug-likeness (QED) is 0.719. The Bertz CT molecular complexity index is 405. The lowest BCUT2D eigenvalue weighted by atomic mass is 10.2. The zero-order valence-electron chi connectivity index (χ0n) is 14.1. The van der Waals surface area contributed by atoms with Crippen molar-refractivity contribution >= 4 is 5.82 Å². The second-order valence-corrected chi connectivity index (χ2v) is 5.52. The fourth-order valence-electron chi connectivity index (χ4n) is 1.93. The lowest BCUT2D eigenvalue weighted by Crippen LogP contribution is -2.28. The van der Waals surface area contributed by atoms with Crippen LogP contribution in [-0.4, -0.2) is 47.7 Å². The molecule has 5 heteroatoms. The smallest absolute Gasteiger partial charge is 0.218 e. The Morgan fingerprint density at radius 1 is 1.19 bits per heavy atom. The van der Waals surface area contributed by atoms with Crippen LogP contribution in [-0.2, 0) is 6.42 Å². The van der Waals surface area contributed by atoms with Crippen LogP contribution in [0.25, 0.3) is 0 Å². The molecule has 0 atom stereocenters. The van der Waals surface area contributed by atoms with E-state index >= 15 is 0 Å². The largest absolute Gasteiger partial charge is 0.477 e. The van der Waals surface area contributed by atoms with Crippen molar-refractivity contribution in [3.05, 3.63) is 11.9 Å². The Kier molecular flexibility index (Phi) is 8.05. The number of aryl methyl sites for hydroxylation is 1. The molecule has 0 aliphatic carbocycles. The topological polar surface area (TPSA) is 50.3 Å². The minimum absolute atomic E-state index is 0.490. The molecule has 0 aliphatic heterocycles. The van der Waals surface area contributed by atoms with Crippen LogP contribution in [0.5, 0.6) is 5.88 Å². The second-order valence-electron chi connectivity index (χ2n) is 5.52. The molecule has 0 aromatic carbocycles. The summed E-state index contributed by atoms with van der Waals surface area (Å²) in [6, 6.07) is 1.89. The molecule has 21 heavy (non-hydrogen) atoms. The minimum Gasteiger partial charge on any atom is -0.477 e. The van der Waals surface area contributed by atoms with Crippen LogP contribution in [0, 0.1) is 5.92 Å². The highest BCUT2D eigenvalue weighted by Crippen LogP contribution is 2.14. The molecule has 0 amide bonds. The molecule has 0 saturated heterocycles. The van der Waals surface area contributed by atoms with Crippen molar-refractivity contribution in [2.24, 2.45) is 5.92 Å². The molecular formula is C16H30N4O. The third-order valence-corrected chi connectivity index (χ3v) is 3.26. The molecular weight excluding hydrogens is 264 g/mol. The van der Waals surface area contributed by atoms with Crippen molar-refractivity contribution < 1.29 is 4.74 Å². The van der Waals surface area contributed by atoms with E-state index < -0.39 is 0 Å². The van der Waals surface area contributed by atoms with Gasteiger partial charge in [-0.05, 0) is 19.0 Å². The summed E-state index contributed by atoms with van der Waals surface area (Å²) >= 11 is 0. The molecule has 0 aliphatic rings. The number of hydrogen-bond donors (Lipinski definition) is 1. The number of likely N-dealkylation sites (N-methyl/N-ethyl adjacent to an activating group) is 1. The van der Waals surface area contributed by atoms with Gasteiger partial charge in [-0.15, -0.1) is 0 Å². The van der Waals surface area contributed by atoms with E-state index in [0.717, 1.165) is 44.2 Å². The lowest BCUT2D eigenvalue weighted by Gasteiger charge is -2.18. The van der Waals surface area contributed by atoms with E-state index in [4.69, 9.17) is 4.74 Å². The Morgan fingerprint density at radius 2 is 1.90 bits per heavy atom. The highest BCUT2D eigenvalue weighted by atomic mass is 16.5. The number of rotatable bonds is 10. The van der Waals surface area contributed by atoms with Crippen molar-refractivity contribution in [2.75, 3.05) is 38.1 Å². The predicted molar refractivity (Wildman–Crippen MR) is 88.0 cm³/mol. The average molecular weight is 294 g/mol. The molecule has 5 nitrogen and oxygen atoms in total. The summed E-state index contributed by atoms with van der Waals surface area (Å²) in [7, 11) is 0. The van der Waals surface area contributed by atoms with Crippen molar-refractivity contribution in [3.8, 4) is 5.88 Å². The Morgan fingerprint density at radius 3 is 2.48 bits per heavy atom. The Labute approximate surface area is 129 Å². The van der Waals surface area contributed by atoms with Crippen LogP contribution in [0.1, 0.15) is 40.4 Å². The number of nitrogens with zero attached hydrogens (tertiary/aromatic N) is 3. The summed E-state index contributed by atoms with van der Waals surface area (Å²) < 4.78 is 5.72. The van der Waals surface area contributed by atoms with E-state index in [0.29, 0.717) is 18.4 Å². The molecule has 0 unspecified atom stereocenters. The monoisotopic (exact) mass is 294 g/mol. The summed E-state index contributed by atoms with van der Waals surface area (Å²) in [4.78, 5) is 11.3. The first-order valence-corrected chi connectivity index (χ1v) is 8.05. The highest BCUT2D eigenvalue weighted by molar-refractivity contribution is 5.38. The molecule has 120 valence electrons. The van der Waals surface area contributed by atoms with Crippen LogP contribution in [0.2, 0.25) is 0 Å². The van der Waals surface area contributed by atoms with Gasteiger partial charge in [-0.25, -0.2) is 4.98 Å². The summed E-state index contributed by atoms with van der Waals surface area (Å²) in [6.45, 7) is 15.4. The zero-order chi connectivity index (χ0) is 15.7. The Balaban J connectivity index is 2.61. The normalized spacial score (nSPS) is 11.2. The second kappa shape index (κ2) is 9.55. The van der Waals surface area contributed by atoms with Gasteiger partial charge in [0.1, 0.15) is 11.6 Å². The molecule has 0 radical (unpaired) electrons. The van der Waals surface area contributed by atoms with Crippen LogP contribution in [0.3, 0.4) is 0 Å². The fourth-order valence-corrected chi connectivity index (χ4v) is 1.93. The maximum atomic E-state index is 5.72. The van der Waals surface area contributed by atoms with E-state index in [1.54, 1.807) is 0 Å². The molecule has 1 rings (SSSR count). The van der Waals surface area contributed by atoms with Gasteiger partial charge in [0.05, 0.1) is 6.61 Å². The van der Waals surface area contributed by atoms with Gasteiger partial charge in [-0.2, -0.15) is 4.98 Å². The molecule has 1 aromatic heterocycles. The number of ether oxygens (including phenoxy) is 1. The number of nitrogens with one attached hydrogen (secondary N) is 1. The van der Waals surface area contributed by atoms with Gasteiger partial charge in [-0.3, -0.25) is 0 Å². The molecule has 0 bridgehead atoms. The number of aromatic nitrogens is 2. The van der Waals surface area contributed by atoms with Crippen LogP contribution in [0.15, 0.2) is 6.07 Å². The van der Waals surface area contributed by atoms with E-state index in [1.807, 2.05) is 6.07 Å². The predicted octanol–water partition coefficient (Wildman–Crippen LogP) is 2.83. The maximum Gasteiger partial charge on any atom is 0.218 e. The summed E-state index contributed by atoms with van der Waals surface area (Å²) in [6.07, 6.45) is 0.809. The molecule has 0 spiro atoms. The van der Waals surface area contributed by atoms with Crippen molar-refractivity contribution in [1.82, 2.24) is 14.9 Å². The van der Waals surface area contributed by atoms with Gasteiger partial charge in [-0.1, -0.05) is 34.6 Å². The van der Waals surface area contributed by atoms with Gasteiger partial charge in [0.15, 0.2) is 0 Å². The molecule has 1 heterocycles. The molecule has 1 N–H and O–H groups in total. The highest BCUT2D eigenvalue weighted by Gasteiger charge is 2.06. The van der Waals surface area contributed by atoms with Crippen molar-refractivity contribution in [1.29, 1.82) is 0 Å². The molecule has 1 aromatic rings. The zero-order valence-corrected chi connectivity index (χ0v) is 14.1. The first kappa shape index (κ1) is 17.7. The first-order chi connectivity index (χ1) is 10.1. The fraction of sp³-hybridized carbons (Fsp3) is 0.750. The summed E-state index contributed by atoms with van der Waals surface area (Å²) in [5.41, 5.74) is 0. The minimum atomic E-state index is 0.490. The van der Waals surface area contributed by atoms with Crippen LogP contribution < -0.4 is 10.1 Å².